The van der Waals surface area contributed by atoms with E-state index in [1.807, 2.05) is 42.3 Å². The normalized spacial score (nSPS) is 13.5. The van der Waals surface area contributed by atoms with Crippen molar-refractivity contribution in [3.8, 4) is 5.75 Å². The number of aliphatic hydroxyl groups is 1. The van der Waals surface area contributed by atoms with Crippen LogP contribution in [0.3, 0.4) is 0 Å². The molecule has 0 aliphatic carbocycles. The lowest BCUT2D eigenvalue weighted by molar-refractivity contribution is -0.137. The average Bonchev–Trinajstić information content (AvgIpc) is 2.83. The van der Waals surface area contributed by atoms with Crippen molar-refractivity contribution < 1.29 is 23.0 Å². The van der Waals surface area contributed by atoms with Crippen molar-refractivity contribution in [1.29, 1.82) is 0 Å². The Morgan fingerprint density at radius 3 is 2.24 bits per heavy atom. The van der Waals surface area contributed by atoms with E-state index in [0.717, 1.165) is 30.8 Å². The van der Waals surface area contributed by atoms with E-state index in [9.17, 15) is 18.3 Å². The summed E-state index contributed by atoms with van der Waals surface area (Å²) in [7, 11) is 1.90. The second-order valence-electron chi connectivity index (χ2n) is 7.97. The lowest BCUT2D eigenvalue weighted by Crippen LogP contribution is -2.34. The Labute approximate surface area is 210 Å². The monoisotopic (exact) mass is 514 g/mol. The predicted molar refractivity (Wildman–Crippen MR) is 137 cm³/mol. The standard InChI is InChI=1S/C25H33F3N2O2S2/c1-4-30(5-2)17-21(31)18-34-24(33)29(3)16-15-23(19-9-7-6-8-10-19)32-22-13-11-20(12-14-22)25(26,27)28/h6-14,21,23,31H,4-5,15-18H2,1-3H3. The second-order valence-corrected chi connectivity index (χ2v) is 9.62. The van der Waals surface area contributed by atoms with E-state index in [0.29, 0.717) is 35.3 Å². The van der Waals surface area contributed by atoms with Crippen LogP contribution in [0.1, 0.15) is 37.5 Å². The zero-order chi connectivity index (χ0) is 25.1. The third kappa shape index (κ3) is 9.44. The van der Waals surface area contributed by atoms with E-state index in [4.69, 9.17) is 17.0 Å². The third-order valence-electron chi connectivity index (χ3n) is 5.43. The number of halogens is 3. The molecule has 2 rings (SSSR count). The highest BCUT2D eigenvalue weighted by atomic mass is 32.2. The van der Waals surface area contributed by atoms with Gasteiger partial charge in [-0.2, -0.15) is 13.2 Å². The van der Waals surface area contributed by atoms with E-state index in [2.05, 4.69) is 18.7 Å². The van der Waals surface area contributed by atoms with Crippen LogP contribution in [0.4, 0.5) is 13.2 Å². The molecule has 2 unspecified atom stereocenters. The van der Waals surface area contributed by atoms with Crippen molar-refractivity contribution >= 4 is 28.3 Å². The van der Waals surface area contributed by atoms with Gasteiger partial charge < -0.3 is 19.6 Å². The summed E-state index contributed by atoms with van der Waals surface area (Å²) in [6, 6.07) is 14.3. The van der Waals surface area contributed by atoms with Crippen molar-refractivity contribution in [2.75, 3.05) is 39.0 Å². The molecule has 1 N–H and O–H groups in total. The second kappa shape index (κ2) is 13.9. The first-order valence-electron chi connectivity index (χ1n) is 11.3. The average molecular weight is 515 g/mol. The summed E-state index contributed by atoms with van der Waals surface area (Å²) in [6.45, 7) is 7.13. The topological polar surface area (TPSA) is 35.9 Å². The SMILES string of the molecule is CCN(CC)CC(O)CSC(=S)N(C)CCC(Oc1ccc(C(F)(F)F)cc1)c1ccccc1. The zero-order valence-electron chi connectivity index (χ0n) is 19.8. The molecule has 0 aliphatic rings. The van der Waals surface area contributed by atoms with Gasteiger partial charge in [0.1, 0.15) is 16.2 Å². The number of alkyl halides is 3. The van der Waals surface area contributed by atoms with Gasteiger partial charge in [-0.1, -0.05) is 68.2 Å². The van der Waals surface area contributed by atoms with E-state index < -0.39 is 17.8 Å². The largest absolute Gasteiger partial charge is 0.486 e. The quantitative estimate of drug-likeness (QED) is 0.357. The highest BCUT2D eigenvalue weighted by Crippen LogP contribution is 2.32. The molecule has 2 aromatic rings. The molecule has 0 aliphatic heterocycles. The Balaban J connectivity index is 1.95. The van der Waals surface area contributed by atoms with Crippen molar-refractivity contribution in [2.24, 2.45) is 0 Å². The van der Waals surface area contributed by atoms with Crippen molar-refractivity contribution in [3.05, 3.63) is 65.7 Å². The molecule has 0 radical (unpaired) electrons. The van der Waals surface area contributed by atoms with Crippen LogP contribution in [0.25, 0.3) is 0 Å². The first kappa shape index (κ1) is 28.4. The molecular weight excluding hydrogens is 481 g/mol. The summed E-state index contributed by atoms with van der Waals surface area (Å²) in [5.41, 5.74) is 0.227. The van der Waals surface area contributed by atoms with Crippen LogP contribution < -0.4 is 4.74 Å². The lowest BCUT2D eigenvalue weighted by atomic mass is 10.1. The van der Waals surface area contributed by atoms with Gasteiger partial charge in [0.05, 0.1) is 11.7 Å². The van der Waals surface area contributed by atoms with Gasteiger partial charge in [0.25, 0.3) is 0 Å². The van der Waals surface area contributed by atoms with E-state index in [1.54, 1.807) is 0 Å². The Bertz CT molecular complexity index is 863. The fourth-order valence-electron chi connectivity index (χ4n) is 3.36. The number of benzene rings is 2. The molecule has 0 heterocycles. The molecule has 2 atom stereocenters. The maximum atomic E-state index is 12.9. The van der Waals surface area contributed by atoms with Gasteiger partial charge in [0.2, 0.25) is 0 Å². The Morgan fingerprint density at radius 1 is 1.06 bits per heavy atom. The van der Waals surface area contributed by atoms with Crippen LogP contribution in [0.15, 0.2) is 54.6 Å². The van der Waals surface area contributed by atoms with Crippen molar-refractivity contribution in [1.82, 2.24) is 9.80 Å². The summed E-state index contributed by atoms with van der Waals surface area (Å²) in [5.74, 6) is 0.894. The Hall–Kier alpha value is -1.81. The molecule has 9 heteroatoms. The highest BCUT2D eigenvalue weighted by molar-refractivity contribution is 8.22. The minimum Gasteiger partial charge on any atom is -0.486 e. The van der Waals surface area contributed by atoms with Crippen LogP contribution in [0.2, 0.25) is 0 Å². The molecule has 0 bridgehead atoms. The smallest absolute Gasteiger partial charge is 0.416 e. The highest BCUT2D eigenvalue weighted by Gasteiger charge is 2.30. The Morgan fingerprint density at radius 2 is 1.68 bits per heavy atom. The number of aliphatic hydroxyl groups excluding tert-OH is 1. The number of nitrogens with zero attached hydrogens (tertiary/aromatic N) is 2. The van der Waals surface area contributed by atoms with E-state index >= 15 is 0 Å². The summed E-state index contributed by atoms with van der Waals surface area (Å²) >= 11 is 6.97. The van der Waals surface area contributed by atoms with E-state index in [-0.39, 0.29) is 6.10 Å². The fraction of sp³-hybridized carbons (Fsp3) is 0.480. The van der Waals surface area contributed by atoms with Gasteiger partial charge in [-0.15, -0.1) is 0 Å². The maximum Gasteiger partial charge on any atom is 0.416 e. The summed E-state index contributed by atoms with van der Waals surface area (Å²) in [6.07, 6.45) is -4.60. The number of thiocarbonyl (C=S) groups is 1. The Kier molecular flexibility index (Phi) is 11.6. The molecule has 0 fully saturated rings. The summed E-state index contributed by atoms with van der Waals surface area (Å²) in [4.78, 5) is 4.11. The first-order chi connectivity index (χ1) is 16.1. The molecule has 0 saturated carbocycles. The van der Waals surface area contributed by atoms with Crippen molar-refractivity contribution in [2.45, 2.75) is 38.7 Å². The fourth-order valence-corrected chi connectivity index (χ4v) is 4.41. The van der Waals surface area contributed by atoms with Gasteiger partial charge >= 0.3 is 6.18 Å². The number of likely N-dealkylation sites (N-methyl/N-ethyl adjacent to an activating group) is 1. The number of hydrogen-bond donors (Lipinski definition) is 1. The molecular formula is C25H33F3N2O2S2. The van der Waals surface area contributed by atoms with Gasteiger partial charge in [0, 0.05) is 32.3 Å². The minimum atomic E-state index is -4.38. The van der Waals surface area contributed by atoms with Crippen LogP contribution in [-0.4, -0.2) is 64.3 Å². The number of hydrogen-bond acceptors (Lipinski definition) is 5. The summed E-state index contributed by atoms with van der Waals surface area (Å²) in [5, 5.41) is 10.3. The lowest BCUT2D eigenvalue weighted by Gasteiger charge is -2.26. The van der Waals surface area contributed by atoms with Crippen LogP contribution in [-0.2, 0) is 6.18 Å². The van der Waals surface area contributed by atoms with Gasteiger partial charge in [-0.05, 0) is 42.9 Å². The number of ether oxygens (including phenoxy) is 1. The molecule has 4 nitrogen and oxygen atoms in total. The molecule has 0 saturated heterocycles. The molecule has 0 spiro atoms. The van der Waals surface area contributed by atoms with Gasteiger partial charge in [0.15, 0.2) is 0 Å². The third-order valence-corrected chi connectivity index (χ3v) is 7.21. The molecule has 34 heavy (non-hydrogen) atoms. The van der Waals surface area contributed by atoms with Gasteiger partial charge in [-0.3, -0.25) is 0 Å². The van der Waals surface area contributed by atoms with E-state index in [1.165, 1.54) is 23.9 Å². The van der Waals surface area contributed by atoms with Crippen molar-refractivity contribution in [3.63, 3.8) is 0 Å². The maximum absolute atomic E-state index is 12.9. The minimum absolute atomic E-state index is 0.346. The summed E-state index contributed by atoms with van der Waals surface area (Å²) < 4.78 is 45.4. The van der Waals surface area contributed by atoms with Gasteiger partial charge in [-0.25, -0.2) is 0 Å². The molecule has 2 aromatic carbocycles. The molecule has 0 aromatic heterocycles. The van der Waals surface area contributed by atoms with Crippen LogP contribution in [0.5, 0.6) is 5.75 Å². The van der Waals surface area contributed by atoms with Crippen LogP contribution >= 0.6 is 24.0 Å². The number of thioether (sulfide) groups is 1. The number of rotatable bonds is 12. The van der Waals surface area contributed by atoms with Crippen LogP contribution in [0, 0.1) is 0 Å². The molecule has 188 valence electrons. The zero-order valence-corrected chi connectivity index (χ0v) is 21.4. The predicted octanol–water partition coefficient (Wildman–Crippen LogP) is 5.87. The molecule has 0 amide bonds. The first-order valence-corrected chi connectivity index (χ1v) is 12.7.